The summed E-state index contributed by atoms with van der Waals surface area (Å²) < 4.78 is 1.94. The summed E-state index contributed by atoms with van der Waals surface area (Å²) >= 11 is 0. The van der Waals surface area contributed by atoms with Crippen molar-refractivity contribution in [1.29, 1.82) is 5.26 Å². The van der Waals surface area contributed by atoms with Crippen molar-refractivity contribution in [3.8, 4) is 17.3 Å². The van der Waals surface area contributed by atoms with E-state index in [9.17, 15) is 9.90 Å². The fourth-order valence-corrected chi connectivity index (χ4v) is 3.94. The number of carbonyl (C=O) groups is 1. The van der Waals surface area contributed by atoms with Crippen LogP contribution < -0.4 is 10.6 Å². The van der Waals surface area contributed by atoms with Crippen LogP contribution in [0.1, 0.15) is 54.6 Å². The van der Waals surface area contributed by atoms with Crippen LogP contribution in [0, 0.1) is 18.3 Å². The summed E-state index contributed by atoms with van der Waals surface area (Å²) in [5.74, 6) is 0.167. The largest absolute Gasteiger partial charge is 0.393 e. The normalized spacial score (nSPS) is 18.8. The molecule has 0 aliphatic heterocycles. The molecule has 3 aromatic rings. The number of hydrogen-bond donors (Lipinski definition) is 3. The Balaban J connectivity index is 1.47. The van der Waals surface area contributed by atoms with Gasteiger partial charge < -0.3 is 15.7 Å². The molecule has 170 valence electrons. The number of aryl methyl sites for hydroxylation is 1. The third-order valence-electron chi connectivity index (χ3n) is 5.83. The highest BCUT2D eigenvalue weighted by Gasteiger charge is 2.21. The lowest BCUT2D eigenvalue weighted by molar-refractivity contribution is 0.0947. The first-order valence-corrected chi connectivity index (χ1v) is 11.1. The van der Waals surface area contributed by atoms with Crippen LogP contribution >= 0.6 is 0 Å². The van der Waals surface area contributed by atoms with Gasteiger partial charge in [0.1, 0.15) is 6.04 Å². The standard InChI is InChI=1S/C24H27N7O2/c1-15-12-26-24(29-19-13-27-31(14-19)20-7-9-21(32)10-8-20)30-22(15)17-3-5-18(6-4-17)23(33)28-16(2)11-25/h3-6,12-14,16,20-21,32H,7-10H2,1-2H3,(H,28,33)(H,26,29,30)/t16-,20?,21?/m0/s1. The average molecular weight is 446 g/mol. The number of aliphatic hydroxyl groups excluding tert-OH is 1. The second-order valence-corrected chi connectivity index (χ2v) is 8.42. The Hall–Kier alpha value is -3.77. The molecule has 4 rings (SSSR count). The summed E-state index contributed by atoms with van der Waals surface area (Å²) in [7, 11) is 0. The topological polar surface area (TPSA) is 129 Å². The van der Waals surface area contributed by atoms with E-state index in [2.05, 4.69) is 25.7 Å². The van der Waals surface area contributed by atoms with E-state index in [1.54, 1.807) is 31.5 Å². The van der Waals surface area contributed by atoms with Crippen molar-refractivity contribution in [2.24, 2.45) is 0 Å². The van der Waals surface area contributed by atoms with Gasteiger partial charge in [0.25, 0.3) is 5.91 Å². The van der Waals surface area contributed by atoms with Crippen LogP contribution in [-0.4, -0.2) is 42.9 Å². The zero-order valence-electron chi connectivity index (χ0n) is 18.7. The van der Waals surface area contributed by atoms with Crippen molar-refractivity contribution in [2.75, 3.05) is 5.32 Å². The molecule has 0 bridgehead atoms. The molecule has 1 aliphatic rings. The number of aromatic nitrogens is 4. The molecule has 1 fully saturated rings. The van der Waals surface area contributed by atoms with E-state index in [0.717, 1.165) is 48.2 Å². The molecule has 9 heteroatoms. The van der Waals surface area contributed by atoms with Crippen molar-refractivity contribution in [3.63, 3.8) is 0 Å². The SMILES string of the molecule is Cc1cnc(Nc2cnn(C3CCC(O)CC3)c2)nc1-c1ccc(C(=O)N[C@@H](C)C#N)cc1. The first-order chi connectivity index (χ1) is 15.9. The molecule has 1 aliphatic carbocycles. The number of nitrogens with one attached hydrogen (secondary N) is 2. The van der Waals surface area contributed by atoms with E-state index >= 15 is 0 Å². The summed E-state index contributed by atoms with van der Waals surface area (Å²) in [5.41, 5.74) is 3.81. The van der Waals surface area contributed by atoms with E-state index in [1.165, 1.54) is 0 Å². The fourth-order valence-electron chi connectivity index (χ4n) is 3.94. The highest BCUT2D eigenvalue weighted by Crippen LogP contribution is 2.29. The molecule has 0 spiro atoms. The van der Waals surface area contributed by atoms with Gasteiger partial charge in [0, 0.05) is 23.5 Å². The quantitative estimate of drug-likeness (QED) is 0.529. The first kappa shape index (κ1) is 22.4. The number of amides is 1. The molecular formula is C24H27N7O2. The zero-order valence-corrected chi connectivity index (χ0v) is 18.7. The lowest BCUT2D eigenvalue weighted by Crippen LogP contribution is -2.31. The second kappa shape index (κ2) is 9.79. The molecule has 1 saturated carbocycles. The van der Waals surface area contributed by atoms with Crippen LogP contribution in [0.3, 0.4) is 0 Å². The van der Waals surface area contributed by atoms with Crippen LogP contribution in [0.25, 0.3) is 11.3 Å². The first-order valence-electron chi connectivity index (χ1n) is 11.1. The van der Waals surface area contributed by atoms with Gasteiger partial charge in [-0.25, -0.2) is 9.97 Å². The monoisotopic (exact) mass is 445 g/mol. The Labute approximate surface area is 192 Å². The third-order valence-corrected chi connectivity index (χ3v) is 5.83. The average Bonchev–Trinajstić information content (AvgIpc) is 3.29. The lowest BCUT2D eigenvalue weighted by atomic mass is 9.93. The highest BCUT2D eigenvalue weighted by molar-refractivity contribution is 5.95. The van der Waals surface area contributed by atoms with Crippen LogP contribution in [0.2, 0.25) is 0 Å². The number of nitrogens with zero attached hydrogens (tertiary/aromatic N) is 5. The highest BCUT2D eigenvalue weighted by atomic mass is 16.3. The predicted octanol–water partition coefficient (Wildman–Crippen LogP) is 3.51. The Bertz CT molecular complexity index is 1160. The van der Waals surface area contributed by atoms with Crippen molar-refractivity contribution < 1.29 is 9.90 Å². The molecule has 3 N–H and O–H groups in total. The van der Waals surface area contributed by atoms with Gasteiger partial charge >= 0.3 is 0 Å². The molecule has 9 nitrogen and oxygen atoms in total. The molecule has 1 amide bonds. The maximum Gasteiger partial charge on any atom is 0.252 e. The van der Waals surface area contributed by atoms with Crippen LogP contribution in [-0.2, 0) is 0 Å². The number of anilines is 2. The molecule has 0 saturated heterocycles. The summed E-state index contributed by atoms with van der Waals surface area (Å²) in [6, 6.07) is 8.83. The maximum absolute atomic E-state index is 12.2. The minimum absolute atomic E-state index is 0.196. The van der Waals surface area contributed by atoms with Gasteiger partial charge in [-0.1, -0.05) is 12.1 Å². The minimum atomic E-state index is -0.552. The summed E-state index contributed by atoms with van der Waals surface area (Å²) in [6.45, 7) is 3.57. The van der Waals surface area contributed by atoms with Gasteiger partial charge in [0.15, 0.2) is 0 Å². The molecule has 2 heterocycles. The summed E-state index contributed by atoms with van der Waals surface area (Å²) in [6.07, 6.45) is 8.69. The smallest absolute Gasteiger partial charge is 0.252 e. The molecule has 1 aromatic carbocycles. The lowest BCUT2D eigenvalue weighted by Gasteiger charge is -2.25. The Morgan fingerprint density at radius 1 is 1.21 bits per heavy atom. The van der Waals surface area contributed by atoms with Gasteiger partial charge in [-0.3, -0.25) is 9.48 Å². The van der Waals surface area contributed by atoms with Crippen LogP contribution in [0.4, 0.5) is 11.6 Å². The van der Waals surface area contributed by atoms with Crippen LogP contribution in [0.5, 0.6) is 0 Å². The van der Waals surface area contributed by atoms with Gasteiger partial charge in [0.2, 0.25) is 5.95 Å². The zero-order chi connectivity index (χ0) is 23.4. The molecule has 1 atom stereocenters. The number of benzene rings is 1. The Morgan fingerprint density at radius 3 is 2.64 bits per heavy atom. The third kappa shape index (κ3) is 5.35. The summed E-state index contributed by atoms with van der Waals surface area (Å²) in [4.78, 5) is 21.3. The number of nitriles is 1. The van der Waals surface area contributed by atoms with E-state index < -0.39 is 6.04 Å². The van der Waals surface area contributed by atoms with E-state index in [1.807, 2.05) is 36.0 Å². The minimum Gasteiger partial charge on any atom is -0.393 e. The predicted molar refractivity (Wildman–Crippen MR) is 124 cm³/mol. The van der Waals surface area contributed by atoms with E-state index in [4.69, 9.17) is 5.26 Å². The second-order valence-electron chi connectivity index (χ2n) is 8.42. The van der Waals surface area contributed by atoms with Gasteiger partial charge in [-0.2, -0.15) is 10.4 Å². The van der Waals surface area contributed by atoms with Gasteiger partial charge in [-0.05, 0) is 57.2 Å². The number of rotatable bonds is 6. The number of carbonyl (C=O) groups excluding carboxylic acids is 1. The number of hydrogen-bond acceptors (Lipinski definition) is 7. The van der Waals surface area contributed by atoms with Crippen molar-refractivity contribution in [1.82, 2.24) is 25.1 Å². The van der Waals surface area contributed by atoms with E-state index in [0.29, 0.717) is 17.6 Å². The molecule has 0 radical (unpaired) electrons. The van der Waals surface area contributed by atoms with Crippen molar-refractivity contribution in [2.45, 2.75) is 57.7 Å². The Kier molecular flexibility index (Phi) is 6.66. The van der Waals surface area contributed by atoms with Crippen LogP contribution in [0.15, 0.2) is 42.9 Å². The van der Waals surface area contributed by atoms with Crippen molar-refractivity contribution in [3.05, 3.63) is 54.0 Å². The maximum atomic E-state index is 12.2. The van der Waals surface area contributed by atoms with Crippen molar-refractivity contribution >= 4 is 17.5 Å². The van der Waals surface area contributed by atoms with Gasteiger partial charge in [-0.15, -0.1) is 0 Å². The van der Waals surface area contributed by atoms with Gasteiger partial charge in [0.05, 0.1) is 35.8 Å². The molecular weight excluding hydrogens is 418 g/mol. The summed E-state index contributed by atoms with van der Waals surface area (Å²) in [5, 5.41) is 28.9. The molecule has 2 aromatic heterocycles. The molecule has 33 heavy (non-hydrogen) atoms. The van der Waals surface area contributed by atoms with E-state index in [-0.39, 0.29) is 12.0 Å². The number of aliphatic hydroxyl groups is 1. The molecule has 0 unspecified atom stereocenters. The fraction of sp³-hybridized carbons (Fsp3) is 0.375. The Morgan fingerprint density at radius 2 is 1.94 bits per heavy atom.